The van der Waals surface area contributed by atoms with Crippen molar-refractivity contribution in [3.05, 3.63) is 46.7 Å². The van der Waals surface area contributed by atoms with Gasteiger partial charge in [-0.05, 0) is 40.3 Å². The molecule has 1 unspecified atom stereocenters. The number of hydrogen-bond donors (Lipinski definition) is 2. The van der Waals surface area contributed by atoms with E-state index in [2.05, 4.69) is 25.9 Å². The summed E-state index contributed by atoms with van der Waals surface area (Å²) < 4.78 is 14.6. The van der Waals surface area contributed by atoms with E-state index in [1.165, 1.54) is 16.8 Å². The van der Waals surface area contributed by atoms with E-state index < -0.39 is 11.9 Å². The molecule has 3 aromatic rings. The normalized spacial score (nSPS) is 12.5. The number of nitrogens with zero attached hydrogens (tertiary/aromatic N) is 5. The van der Waals surface area contributed by atoms with Crippen molar-refractivity contribution in [3.8, 4) is 0 Å². The first-order chi connectivity index (χ1) is 10.1. The fourth-order valence-corrected chi connectivity index (χ4v) is 1.90. The van der Waals surface area contributed by atoms with E-state index in [0.29, 0.717) is 17.0 Å². The fraction of sp³-hybridized carbons (Fsp3) is 0.167. The van der Waals surface area contributed by atoms with Crippen LogP contribution in [-0.2, 0) is 0 Å². The van der Waals surface area contributed by atoms with Gasteiger partial charge in [0.15, 0.2) is 5.65 Å². The Labute approximate surface area is 123 Å². The predicted molar refractivity (Wildman–Crippen MR) is 73.4 cm³/mol. The molecule has 21 heavy (non-hydrogen) atoms. The standard InChI is InChI=1S/C12H10ClFN6O/c13-8-2-1-7(5-9(8)14)10(21)6-15-11-3-4-12-16-18-19-20(12)17-11/h1-5,10,21H,6H2,(H,15,17). The van der Waals surface area contributed by atoms with Gasteiger partial charge in [0.1, 0.15) is 11.6 Å². The van der Waals surface area contributed by atoms with Crippen LogP contribution in [0.5, 0.6) is 0 Å². The summed E-state index contributed by atoms with van der Waals surface area (Å²) in [5.74, 6) is -0.0789. The van der Waals surface area contributed by atoms with E-state index in [1.54, 1.807) is 18.2 Å². The minimum Gasteiger partial charge on any atom is -0.387 e. The largest absolute Gasteiger partial charge is 0.387 e. The Morgan fingerprint density at radius 2 is 2.19 bits per heavy atom. The molecule has 1 aromatic carbocycles. The quantitative estimate of drug-likeness (QED) is 0.758. The lowest BCUT2D eigenvalue weighted by Crippen LogP contribution is -2.14. The molecule has 0 saturated heterocycles. The Morgan fingerprint density at radius 1 is 1.33 bits per heavy atom. The monoisotopic (exact) mass is 308 g/mol. The number of halogens is 2. The van der Waals surface area contributed by atoms with Gasteiger partial charge in [-0.25, -0.2) is 4.39 Å². The lowest BCUT2D eigenvalue weighted by atomic mass is 10.1. The Kier molecular flexibility index (Phi) is 3.63. The maximum atomic E-state index is 13.3. The molecule has 0 saturated carbocycles. The molecule has 0 aliphatic carbocycles. The Balaban J connectivity index is 1.69. The number of aliphatic hydroxyl groups is 1. The number of rotatable bonds is 4. The second kappa shape index (κ2) is 5.58. The van der Waals surface area contributed by atoms with Gasteiger partial charge in [-0.3, -0.25) is 0 Å². The summed E-state index contributed by atoms with van der Waals surface area (Å²) in [4.78, 5) is 0. The maximum absolute atomic E-state index is 13.3. The first-order valence-electron chi connectivity index (χ1n) is 6.06. The molecule has 0 radical (unpaired) electrons. The van der Waals surface area contributed by atoms with Crippen molar-refractivity contribution in [3.63, 3.8) is 0 Å². The van der Waals surface area contributed by atoms with Gasteiger partial charge in [0.25, 0.3) is 0 Å². The minimum atomic E-state index is -0.900. The number of anilines is 1. The van der Waals surface area contributed by atoms with E-state index in [-0.39, 0.29) is 11.6 Å². The minimum absolute atomic E-state index is 0.0182. The highest BCUT2D eigenvalue weighted by atomic mass is 35.5. The van der Waals surface area contributed by atoms with Crippen LogP contribution in [0.4, 0.5) is 10.2 Å². The summed E-state index contributed by atoms with van der Waals surface area (Å²) in [5, 5.41) is 27.9. The molecule has 108 valence electrons. The second-order valence-electron chi connectivity index (χ2n) is 4.32. The third-order valence-electron chi connectivity index (χ3n) is 2.87. The van der Waals surface area contributed by atoms with Crippen LogP contribution in [0.3, 0.4) is 0 Å². The van der Waals surface area contributed by atoms with E-state index in [0.717, 1.165) is 0 Å². The molecule has 0 fully saturated rings. The summed E-state index contributed by atoms with van der Waals surface area (Å²) in [6.07, 6.45) is -0.900. The van der Waals surface area contributed by atoms with Gasteiger partial charge < -0.3 is 10.4 Å². The average molecular weight is 309 g/mol. The van der Waals surface area contributed by atoms with Crippen molar-refractivity contribution in [1.82, 2.24) is 25.3 Å². The number of nitrogens with one attached hydrogen (secondary N) is 1. The first-order valence-corrected chi connectivity index (χ1v) is 6.43. The zero-order valence-electron chi connectivity index (χ0n) is 10.6. The van der Waals surface area contributed by atoms with Crippen LogP contribution in [0.15, 0.2) is 30.3 Å². The molecular weight excluding hydrogens is 299 g/mol. The summed E-state index contributed by atoms with van der Waals surface area (Å²) in [6, 6.07) is 7.54. The van der Waals surface area contributed by atoms with Gasteiger partial charge in [0.05, 0.1) is 11.1 Å². The van der Waals surface area contributed by atoms with Crippen molar-refractivity contribution in [2.45, 2.75) is 6.10 Å². The third-order valence-corrected chi connectivity index (χ3v) is 3.18. The fourth-order valence-electron chi connectivity index (χ4n) is 1.78. The maximum Gasteiger partial charge on any atom is 0.200 e. The smallest absolute Gasteiger partial charge is 0.200 e. The van der Waals surface area contributed by atoms with E-state index in [4.69, 9.17) is 11.6 Å². The van der Waals surface area contributed by atoms with Crippen LogP contribution in [0.2, 0.25) is 5.02 Å². The Bertz CT molecular complexity index is 779. The predicted octanol–water partition coefficient (Wildman–Crippen LogP) is 1.46. The Morgan fingerprint density at radius 3 is 3.00 bits per heavy atom. The summed E-state index contributed by atoms with van der Waals surface area (Å²) in [6.45, 7) is 0.154. The number of tetrazole rings is 1. The SMILES string of the molecule is OC(CNc1ccc2nnnn2n1)c1ccc(Cl)c(F)c1. The molecule has 0 aliphatic rings. The van der Waals surface area contributed by atoms with Crippen molar-refractivity contribution in [1.29, 1.82) is 0 Å². The van der Waals surface area contributed by atoms with Gasteiger partial charge in [-0.2, -0.15) is 0 Å². The molecular formula is C12H10ClFN6O. The molecule has 1 atom stereocenters. The van der Waals surface area contributed by atoms with Crippen LogP contribution < -0.4 is 5.32 Å². The number of aromatic nitrogens is 5. The van der Waals surface area contributed by atoms with Crippen molar-refractivity contribution in [2.24, 2.45) is 0 Å². The highest BCUT2D eigenvalue weighted by Crippen LogP contribution is 2.20. The zero-order valence-corrected chi connectivity index (χ0v) is 11.4. The summed E-state index contributed by atoms with van der Waals surface area (Å²) in [7, 11) is 0. The van der Waals surface area contributed by atoms with Crippen LogP contribution in [0.1, 0.15) is 11.7 Å². The molecule has 3 rings (SSSR count). The first kappa shape index (κ1) is 13.7. The van der Waals surface area contributed by atoms with Crippen LogP contribution in [-0.4, -0.2) is 36.9 Å². The Hall–Kier alpha value is -2.32. The molecule has 9 heteroatoms. The molecule has 2 aromatic heterocycles. The van der Waals surface area contributed by atoms with Crippen molar-refractivity contribution < 1.29 is 9.50 Å². The molecule has 2 N–H and O–H groups in total. The van der Waals surface area contributed by atoms with Crippen molar-refractivity contribution in [2.75, 3.05) is 11.9 Å². The molecule has 7 nitrogen and oxygen atoms in total. The van der Waals surface area contributed by atoms with Crippen LogP contribution in [0.25, 0.3) is 5.65 Å². The second-order valence-corrected chi connectivity index (χ2v) is 4.72. The highest BCUT2D eigenvalue weighted by Gasteiger charge is 2.11. The van der Waals surface area contributed by atoms with E-state index >= 15 is 0 Å². The van der Waals surface area contributed by atoms with E-state index in [1.807, 2.05) is 0 Å². The average Bonchev–Trinajstić information content (AvgIpc) is 2.95. The summed E-state index contributed by atoms with van der Waals surface area (Å²) >= 11 is 5.60. The van der Waals surface area contributed by atoms with Crippen molar-refractivity contribution >= 4 is 23.1 Å². The van der Waals surface area contributed by atoms with Gasteiger partial charge in [-0.1, -0.05) is 17.7 Å². The zero-order chi connectivity index (χ0) is 14.8. The van der Waals surface area contributed by atoms with Crippen LogP contribution >= 0.6 is 11.6 Å². The van der Waals surface area contributed by atoms with Gasteiger partial charge in [0.2, 0.25) is 0 Å². The van der Waals surface area contributed by atoms with Gasteiger partial charge in [-0.15, -0.1) is 14.8 Å². The van der Waals surface area contributed by atoms with E-state index in [9.17, 15) is 9.50 Å². The molecule has 0 spiro atoms. The van der Waals surface area contributed by atoms with Gasteiger partial charge in [0, 0.05) is 6.54 Å². The molecule has 0 bridgehead atoms. The highest BCUT2D eigenvalue weighted by molar-refractivity contribution is 6.30. The summed E-state index contributed by atoms with van der Waals surface area (Å²) in [5.41, 5.74) is 0.939. The number of benzene rings is 1. The number of fused-ring (bicyclic) bond motifs is 1. The molecule has 0 aliphatic heterocycles. The van der Waals surface area contributed by atoms with Gasteiger partial charge >= 0.3 is 0 Å². The van der Waals surface area contributed by atoms with Crippen LogP contribution in [0, 0.1) is 5.82 Å². The number of aliphatic hydroxyl groups excluding tert-OH is 1. The molecule has 2 heterocycles. The number of hydrogen-bond acceptors (Lipinski definition) is 6. The lowest BCUT2D eigenvalue weighted by Gasteiger charge is -2.12. The topological polar surface area (TPSA) is 88.2 Å². The third kappa shape index (κ3) is 2.91. The molecule has 0 amide bonds. The lowest BCUT2D eigenvalue weighted by molar-refractivity contribution is 0.191.